The molecule has 0 heteroatoms. The van der Waals surface area contributed by atoms with E-state index in [0.717, 1.165) is 0 Å². The van der Waals surface area contributed by atoms with E-state index in [9.17, 15) is 0 Å². The van der Waals surface area contributed by atoms with Crippen LogP contribution in [0.25, 0.3) is 21.5 Å². The van der Waals surface area contributed by atoms with E-state index in [1.54, 1.807) is 0 Å². The third-order valence-corrected chi connectivity index (χ3v) is 4.26. The Balaban J connectivity index is 2.31. The van der Waals surface area contributed by atoms with Crippen LogP contribution >= 0.6 is 0 Å². The molecule has 0 bridgehead atoms. The lowest BCUT2D eigenvalue weighted by Crippen LogP contribution is -2.10. The van der Waals surface area contributed by atoms with Crippen molar-refractivity contribution in [1.82, 2.24) is 0 Å². The fourth-order valence-corrected chi connectivity index (χ4v) is 2.80. The minimum absolute atomic E-state index is 0.179. The van der Waals surface area contributed by atoms with Crippen LogP contribution in [0, 0.1) is 6.07 Å². The Kier molecular flexibility index (Phi) is 3.28. The van der Waals surface area contributed by atoms with Gasteiger partial charge >= 0.3 is 0 Å². The maximum Gasteiger partial charge on any atom is -0.00614 e. The fraction of sp³-hybridized carbons (Fsp3) is 0.333. The molecule has 0 aliphatic carbocycles. The van der Waals surface area contributed by atoms with Crippen LogP contribution < -0.4 is 0 Å². The molecule has 0 saturated carbocycles. The van der Waals surface area contributed by atoms with Crippen LogP contribution in [0.2, 0.25) is 0 Å². The Labute approximate surface area is 127 Å². The highest BCUT2D eigenvalue weighted by molar-refractivity contribution is 6.07. The van der Waals surface area contributed by atoms with Crippen molar-refractivity contribution in [3.05, 3.63) is 59.7 Å². The first-order valence-corrected chi connectivity index (χ1v) is 7.75. The lowest BCUT2D eigenvalue weighted by atomic mass is 9.85. The van der Waals surface area contributed by atoms with Gasteiger partial charge in [-0.05, 0) is 50.1 Å². The Hall–Kier alpha value is -1.82. The molecule has 0 aliphatic heterocycles. The molecule has 0 unspecified atom stereocenters. The zero-order chi connectivity index (χ0) is 15.2. The number of fused-ring (bicyclic) bond motifs is 3. The Bertz CT molecular complexity index is 801. The molecule has 107 valence electrons. The average Bonchev–Trinajstić information content (AvgIpc) is 2.44. The summed E-state index contributed by atoms with van der Waals surface area (Å²) in [7, 11) is 0. The van der Waals surface area contributed by atoms with Crippen LogP contribution in [0.4, 0.5) is 0 Å². The highest BCUT2D eigenvalue weighted by Crippen LogP contribution is 2.31. The lowest BCUT2D eigenvalue weighted by molar-refractivity contribution is 0.591. The van der Waals surface area contributed by atoms with Crippen LogP contribution in [0.5, 0.6) is 0 Å². The Morgan fingerprint density at radius 1 is 0.857 bits per heavy atom. The second-order valence-corrected chi connectivity index (χ2v) is 7.28. The second kappa shape index (κ2) is 4.87. The van der Waals surface area contributed by atoms with E-state index in [1.165, 1.54) is 32.7 Å². The molecule has 0 heterocycles. The first-order valence-electron chi connectivity index (χ1n) is 7.75. The summed E-state index contributed by atoms with van der Waals surface area (Å²) in [4.78, 5) is 0. The first kappa shape index (κ1) is 14.1. The normalized spacial score (nSPS) is 12.5. The van der Waals surface area contributed by atoms with Gasteiger partial charge in [-0.15, -0.1) is 0 Å². The fourth-order valence-electron chi connectivity index (χ4n) is 2.80. The van der Waals surface area contributed by atoms with Gasteiger partial charge in [0.2, 0.25) is 0 Å². The number of hydrogen-bond acceptors (Lipinski definition) is 0. The van der Waals surface area contributed by atoms with E-state index in [1.807, 2.05) is 0 Å². The van der Waals surface area contributed by atoms with Gasteiger partial charge < -0.3 is 0 Å². The van der Waals surface area contributed by atoms with Gasteiger partial charge in [0, 0.05) is 0 Å². The van der Waals surface area contributed by atoms with Gasteiger partial charge in [-0.2, -0.15) is 0 Å². The van der Waals surface area contributed by atoms with Gasteiger partial charge in [-0.25, -0.2) is 0 Å². The largest absolute Gasteiger partial charge is 0.0587 e. The molecule has 21 heavy (non-hydrogen) atoms. The second-order valence-electron chi connectivity index (χ2n) is 7.28. The van der Waals surface area contributed by atoms with Gasteiger partial charge in [-0.3, -0.25) is 0 Å². The van der Waals surface area contributed by atoms with Gasteiger partial charge in [0.15, 0.2) is 0 Å². The minimum Gasteiger partial charge on any atom is -0.0587 e. The first-order chi connectivity index (χ1) is 9.86. The van der Waals surface area contributed by atoms with Crippen LogP contribution in [0.15, 0.2) is 42.5 Å². The summed E-state index contributed by atoms with van der Waals surface area (Å²) < 4.78 is 0. The van der Waals surface area contributed by atoms with Crippen LogP contribution in [0.3, 0.4) is 0 Å². The van der Waals surface area contributed by atoms with Crippen LogP contribution in [0.1, 0.15) is 51.7 Å². The molecule has 0 amide bonds. The van der Waals surface area contributed by atoms with Crippen molar-refractivity contribution >= 4 is 21.5 Å². The Morgan fingerprint density at radius 2 is 1.57 bits per heavy atom. The summed E-state index contributed by atoms with van der Waals surface area (Å²) in [5, 5.41) is 5.18. The molecule has 1 radical (unpaired) electrons. The van der Waals surface area contributed by atoms with Gasteiger partial charge in [-0.1, -0.05) is 77.1 Å². The van der Waals surface area contributed by atoms with E-state index in [-0.39, 0.29) is 5.41 Å². The predicted molar refractivity (Wildman–Crippen MR) is 93.1 cm³/mol. The number of rotatable bonds is 1. The average molecular weight is 275 g/mol. The highest BCUT2D eigenvalue weighted by Gasteiger charge is 2.14. The molecule has 0 aliphatic rings. The molecule has 0 fully saturated rings. The molecule has 3 aromatic carbocycles. The smallest absolute Gasteiger partial charge is 0.00614 e. The zero-order valence-corrected chi connectivity index (χ0v) is 13.6. The summed E-state index contributed by atoms with van der Waals surface area (Å²) in [6.07, 6.45) is 0. The number of hydrogen-bond donors (Lipinski definition) is 0. The molecule has 0 N–H and O–H groups in total. The molecule has 0 nitrogen and oxygen atoms in total. The molecule has 3 rings (SSSR count). The van der Waals surface area contributed by atoms with Crippen molar-refractivity contribution in [3.63, 3.8) is 0 Å². The number of benzene rings is 3. The molecule has 0 spiro atoms. The maximum absolute atomic E-state index is 3.58. The van der Waals surface area contributed by atoms with Crippen molar-refractivity contribution in [1.29, 1.82) is 0 Å². The van der Waals surface area contributed by atoms with Crippen molar-refractivity contribution in [2.75, 3.05) is 0 Å². The molecule has 3 aromatic rings. The quantitative estimate of drug-likeness (QED) is 0.463. The molecular formula is C21H23. The highest BCUT2D eigenvalue weighted by atomic mass is 14.2. The van der Waals surface area contributed by atoms with Crippen molar-refractivity contribution in [2.24, 2.45) is 0 Å². The standard InChI is InChI=1S/C21H23/c1-14(2)16-9-11-19-17(12-16)7-6-15-8-10-18(13-20(15)19)21(3,4)5/h6-11,13-14H,1-5H3. The zero-order valence-electron chi connectivity index (χ0n) is 13.6. The lowest BCUT2D eigenvalue weighted by Gasteiger charge is -2.20. The van der Waals surface area contributed by atoms with Crippen molar-refractivity contribution in [3.8, 4) is 0 Å². The topological polar surface area (TPSA) is 0 Å². The van der Waals surface area contributed by atoms with E-state index >= 15 is 0 Å². The molecule has 0 aromatic heterocycles. The summed E-state index contributed by atoms with van der Waals surface area (Å²) in [5.74, 6) is 0.519. The van der Waals surface area contributed by atoms with Crippen LogP contribution in [-0.2, 0) is 5.41 Å². The SMILES string of the molecule is CC(C)c1[c]c2ccc3ccc(C(C)(C)C)cc3c2cc1. The summed E-state index contributed by atoms with van der Waals surface area (Å²) >= 11 is 0. The summed E-state index contributed by atoms with van der Waals surface area (Å²) in [6.45, 7) is 11.2. The summed E-state index contributed by atoms with van der Waals surface area (Å²) in [6, 6.07) is 19.3. The van der Waals surface area contributed by atoms with E-state index < -0.39 is 0 Å². The monoisotopic (exact) mass is 275 g/mol. The van der Waals surface area contributed by atoms with Crippen LogP contribution in [-0.4, -0.2) is 0 Å². The van der Waals surface area contributed by atoms with Gasteiger partial charge in [0.1, 0.15) is 0 Å². The third kappa shape index (κ3) is 2.55. The summed E-state index contributed by atoms with van der Waals surface area (Å²) in [5.41, 5.74) is 2.85. The molecular weight excluding hydrogens is 252 g/mol. The van der Waals surface area contributed by atoms with E-state index in [4.69, 9.17) is 0 Å². The van der Waals surface area contributed by atoms with Gasteiger partial charge in [0.05, 0.1) is 0 Å². The van der Waals surface area contributed by atoms with Crippen molar-refractivity contribution in [2.45, 2.75) is 46.0 Å². The minimum atomic E-state index is 0.179. The van der Waals surface area contributed by atoms with Crippen molar-refractivity contribution < 1.29 is 0 Å². The third-order valence-electron chi connectivity index (χ3n) is 4.26. The molecule has 0 saturated heterocycles. The van der Waals surface area contributed by atoms with E-state index in [2.05, 4.69) is 83.1 Å². The van der Waals surface area contributed by atoms with Gasteiger partial charge in [0.25, 0.3) is 0 Å². The van der Waals surface area contributed by atoms with E-state index in [0.29, 0.717) is 5.92 Å². The maximum atomic E-state index is 3.58. The molecule has 0 atom stereocenters. The predicted octanol–water partition coefficient (Wildman–Crippen LogP) is 6.21. The Morgan fingerprint density at radius 3 is 2.24 bits per heavy atom.